The van der Waals surface area contributed by atoms with Crippen LogP contribution in [0, 0.1) is 13.8 Å². The summed E-state index contributed by atoms with van der Waals surface area (Å²) in [6, 6.07) is 32.5. The molecule has 5 aromatic carbocycles. The molecule has 5 aromatic rings. The predicted octanol–water partition coefficient (Wildman–Crippen LogP) is 9.80. The predicted molar refractivity (Wildman–Crippen MR) is 308 cm³/mol. The maximum Gasteiger partial charge on any atom is 0.321 e. The molecule has 410 valence electrons. The van der Waals surface area contributed by atoms with Gasteiger partial charge in [-0.15, -0.1) is 0 Å². The molecule has 0 unspecified atom stereocenters. The van der Waals surface area contributed by atoms with Crippen LogP contribution in [0.5, 0.6) is 0 Å². The van der Waals surface area contributed by atoms with Crippen LogP contribution in [-0.2, 0) is 17.6 Å². The third kappa shape index (κ3) is 23.6. The van der Waals surface area contributed by atoms with Crippen LogP contribution < -0.4 is 31.9 Å². The van der Waals surface area contributed by atoms with Crippen molar-refractivity contribution in [2.24, 2.45) is 0 Å². The number of halogens is 1. The van der Waals surface area contributed by atoms with Gasteiger partial charge in [-0.05, 0) is 115 Å². The van der Waals surface area contributed by atoms with E-state index in [0.29, 0.717) is 22.8 Å². The standard InChI is InChI=1S/C19H24N4O2.C14H21N3O2.C13H20N4O2.C9H11ClN2O/c1-22(2)18(24)20-16-9-5-14(6-10-16)13-15-7-11-17(12-8-15)21-19(25)23(3)4;1-10-6-7-11(9-13(18)16(2)3)8-12(10)15-14(19)17(4)5;1-9-6-7-10(14-12(18)16(2)3)8-11(9)15-13(19)17(4)5;1-12(2)9(13)11-8-5-3-7(10)4-6-8/h5-12H,13H2,1-4H3,(H,20,24)(H,21,25);6-8H,9H2,1-5H3,(H,15,19);6-8H,1-5H3,(H,14,18)(H,15,19);3-6H,1-2H3,(H,11,13). The van der Waals surface area contributed by atoms with Crippen LogP contribution in [0.4, 0.5) is 62.9 Å². The second-order valence-corrected chi connectivity index (χ2v) is 19.1. The topological polar surface area (TPSA) is 214 Å². The number of hydrogen-bond donors (Lipinski definition) is 6. The third-order valence-corrected chi connectivity index (χ3v) is 10.7. The molecule has 0 radical (unpaired) electrons. The Kier molecular flexibility index (Phi) is 26.2. The van der Waals surface area contributed by atoms with E-state index >= 15 is 0 Å². The van der Waals surface area contributed by atoms with Gasteiger partial charge >= 0.3 is 36.2 Å². The molecule has 0 heterocycles. The number of amides is 13. The number of carbonyl (C=O) groups excluding carboxylic acids is 7. The van der Waals surface area contributed by atoms with E-state index in [-0.39, 0.29) is 42.1 Å². The molecule has 0 spiro atoms. The molecule has 0 fully saturated rings. The zero-order chi connectivity index (χ0) is 57.4. The zero-order valence-corrected chi connectivity index (χ0v) is 47.4. The van der Waals surface area contributed by atoms with Gasteiger partial charge in [0.1, 0.15) is 0 Å². The van der Waals surface area contributed by atoms with Crippen molar-refractivity contribution >= 4 is 87.8 Å². The summed E-state index contributed by atoms with van der Waals surface area (Å²) in [4.78, 5) is 91.3. The van der Waals surface area contributed by atoms with Gasteiger partial charge in [0.25, 0.3) is 0 Å². The summed E-state index contributed by atoms with van der Waals surface area (Å²) < 4.78 is 0. The lowest BCUT2D eigenvalue weighted by Crippen LogP contribution is -2.28. The second kappa shape index (κ2) is 31.3. The number of benzene rings is 5. The number of carbonyl (C=O) groups is 7. The number of likely N-dealkylation sites (N-methyl/N-ethyl adjacent to an activating group) is 1. The van der Waals surface area contributed by atoms with E-state index in [1.54, 1.807) is 140 Å². The van der Waals surface area contributed by atoms with E-state index in [9.17, 15) is 33.6 Å². The van der Waals surface area contributed by atoms with E-state index in [1.165, 1.54) is 29.4 Å². The second-order valence-electron chi connectivity index (χ2n) is 18.7. The first-order valence-electron chi connectivity index (χ1n) is 23.8. The molecule has 0 aliphatic carbocycles. The number of nitrogens with zero attached hydrogens (tertiary/aromatic N) is 7. The average molecular weight is 1070 g/mol. The summed E-state index contributed by atoms with van der Waals surface area (Å²) in [6.07, 6.45) is 1.11. The number of anilines is 6. The normalized spacial score (nSPS) is 9.86. The molecule has 0 saturated carbocycles. The van der Waals surface area contributed by atoms with Crippen molar-refractivity contribution in [3.63, 3.8) is 0 Å². The Morgan fingerprint density at radius 3 is 0.961 bits per heavy atom. The van der Waals surface area contributed by atoms with E-state index in [1.807, 2.05) is 86.6 Å². The molecule has 21 heteroatoms. The minimum absolute atomic E-state index is 0.0359. The molecule has 6 N–H and O–H groups in total. The Labute approximate surface area is 453 Å². The molecule has 13 amide bonds. The Bertz CT molecular complexity index is 2560. The Morgan fingerprint density at radius 1 is 0.342 bits per heavy atom. The van der Waals surface area contributed by atoms with Gasteiger partial charge in [-0.2, -0.15) is 0 Å². The highest BCUT2D eigenvalue weighted by Crippen LogP contribution is 2.22. The Morgan fingerprint density at radius 2 is 0.618 bits per heavy atom. The Balaban J connectivity index is 0.000000355. The van der Waals surface area contributed by atoms with Crippen LogP contribution in [0.3, 0.4) is 0 Å². The van der Waals surface area contributed by atoms with Crippen LogP contribution in [-0.4, -0.2) is 175 Å². The van der Waals surface area contributed by atoms with Crippen molar-refractivity contribution in [1.29, 1.82) is 0 Å². The maximum atomic E-state index is 11.7. The lowest BCUT2D eigenvalue weighted by molar-refractivity contribution is -0.127. The highest BCUT2D eigenvalue weighted by molar-refractivity contribution is 6.30. The van der Waals surface area contributed by atoms with E-state index in [2.05, 4.69) is 31.9 Å². The van der Waals surface area contributed by atoms with Gasteiger partial charge in [-0.3, -0.25) is 4.79 Å². The first-order chi connectivity index (χ1) is 35.6. The van der Waals surface area contributed by atoms with Crippen molar-refractivity contribution in [3.05, 3.63) is 142 Å². The SMILES string of the molecule is CN(C)C(=O)Nc1ccc(Cc2ccc(NC(=O)N(C)C)cc2)cc1.CN(C)C(=O)Nc1ccc(Cl)cc1.Cc1ccc(CC(=O)N(C)C)cc1NC(=O)N(C)C.Cc1ccc(NC(=O)N(C)C)cc1NC(=O)N(C)C. The molecule has 5 rings (SSSR count). The van der Waals surface area contributed by atoms with Crippen LogP contribution in [0.1, 0.15) is 27.8 Å². The average Bonchev–Trinajstić information content (AvgIpc) is 3.35. The molecule has 0 saturated heterocycles. The van der Waals surface area contributed by atoms with E-state index in [0.717, 1.165) is 57.0 Å². The molecular formula is C55H76ClN13O7. The van der Waals surface area contributed by atoms with Gasteiger partial charge in [0, 0.05) is 138 Å². The molecule has 0 atom stereocenters. The minimum Gasteiger partial charge on any atom is -0.349 e. The quantitative estimate of drug-likeness (QED) is 0.0796. The lowest BCUT2D eigenvalue weighted by atomic mass is 10.0. The third-order valence-electron chi connectivity index (χ3n) is 10.5. The van der Waals surface area contributed by atoms with Crippen molar-refractivity contribution in [2.75, 3.05) is 131 Å². The van der Waals surface area contributed by atoms with Crippen LogP contribution in [0.15, 0.2) is 109 Å². The number of nitrogens with one attached hydrogen (secondary N) is 6. The summed E-state index contributed by atoms with van der Waals surface area (Å²) in [5.74, 6) is 0.0359. The number of hydrogen-bond acceptors (Lipinski definition) is 7. The molecule has 0 bridgehead atoms. The lowest BCUT2D eigenvalue weighted by Gasteiger charge is -2.16. The largest absolute Gasteiger partial charge is 0.349 e. The highest BCUT2D eigenvalue weighted by Gasteiger charge is 2.12. The van der Waals surface area contributed by atoms with Gasteiger partial charge < -0.3 is 66.2 Å². The van der Waals surface area contributed by atoms with Gasteiger partial charge in [-0.25, -0.2) is 28.8 Å². The van der Waals surface area contributed by atoms with Crippen LogP contribution >= 0.6 is 11.6 Å². The van der Waals surface area contributed by atoms with Crippen LogP contribution in [0.25, 0.3) is 0 Å². The van der Waals surface area contributed by atoms with E-state index in [4.69, 9.17) is 11.6 Å². The van der Waals surface area contributed by atoms with Gasteiger partial charge in [0.05, 0.1) is 6.42 Å². The maximum absolute atomic E-state index is 11.7. The summed E-state index contributed by atoms with van der Waals surface area (Å²) in [5, 5.41) is 17.3. The molecule has 0 aliphatic rings. The summed E-state index contributed by atoms with van der Waals surface area (Å²) >= 11 is 5.69. The van der Waals surface area contributed by atoms with Crippen molar-refractivity contribution in [2.45, 2.75) is 26.7 Å². The first-order valence-corrected chi connectivity index (χ1v) is 24.2. The molecular weight excluding hydrogens is 990 g/mol. The fraction of sp³-hybridized carbons (Fsp3) is 0.327. The van der Waals surface area contributed by atoms with Gasteiger partial charge in [-0.1, -0.05) is 54.1 Å². The number of rotatable bonds is 10. The summed E-state index contributed by atoms with van der Waals surface area (Å²) in [5.41, 5.74) is 9.40. The fourth-order valence-corrected chi connectivity index (χ4v) is 5.78. The molecule has 20 nitrogen and oxygen atoms in total. The fourth-order valence-electron chi connectivity index (χ4n) is 5.66. The Hall–Kier alpha value is -8.52. The van der Waals surface area contributed by atoms with Crippen molar-refractivity contribution < 1.29 is 33.6 Å². The summed E-state index contributed by atoms with van der Waals surface area (Å²) in [6.45, 7) is 3.81. The van der Waals surface area contributed by atoms with Crippen LogP contribution in [0.2, 0.25) is 5.02 Å². The molecule has 76 heavy (non-hydrogen) atoms. The highest BCUT2D eigenvalue weighted by atomic mass is 35.5. The van der Waals surface area contributed by atoms with Crippen molar-refractivity contribution in [1.82, 2.24) is 34.3 Å². The molecule has 0 aliphatic heterocycles. The minimum atomic E-state index is -0.214. The monoisotopic (exact) mass is 1070 g/mol. The van der Waals surface area contributed by atoms with E-state index < -0.39 is 0 Å². The van der Waals surface area contributed by atoms with Gasteiger partial charge in [0.2, 0.25) is 5.91 Å². The van der Waals surface area contributed by atoms with Gasteiger partial charge in [0.15, 0.2) is 0 Å². The molecule has 0 aromatic heterocycles. The smallest absolute Gasteiger partial charge is 0.321 e. The summed E-state index contributed by atoms with van der Waals surface area (Å²) in [7, 11) is 23.7. The zero-order valence-electron chi connectivity index (χ0n) is 46.7. The van der Waals surface area contributed by atoms with Crippen molar-refractivity contribution in [3.8, 4) is 0 Å². The number of aryl methyl sites for hydroxylation is 2. The number of urea groups is 6. The first kappa shape index (κ1) is 63.6.